The number of carboxylic acids is 1. The van der Waals surface area contributed by atoms with E-state index in [-0.39, 0.29) is 12.8 Å². The summed E-state index contributed by atoms with van der Waals surface area (Å²) < 4.78 is 6.42. The molecular formula is C11H9IN2O3. The van der Waals surface area contributed by atoms with E-state index >= 15 is 0 Å². The molecule has 0 radical (unpaired) electrons. The van der Waals surface area contributed by atoms with Crippen LogP contribution in [0.25, 0.3) is 11.5 Å². The number of rotatable bonds is 4. The summed E-state index contributed by atoms with van der Waals surface area (Å²) in [7, 11) is 0. The molecule has 0 aliphatic rings. The lowest BCUT2D eigenvalue weighted by Crippen LogP contribution is -1.97. The standard InChI is InChI=1S/C11H9IN2O3/c12-8-4-2-1-3-7(8)11-14-13-9(17-11)5-6-10(15)16/h1-4H,5-6H2,(H,15,16). The smallest absolute Gasteiger partial charge is 0.303 e. The molecule has 5 nitrogen and oxygen atoms in total. The lowest BCUT2D eigenvalue weighted by atomic mass is 10.2. The fraction of sp³-hybridized carbons (Fsp3) is 0.182. The van der Waals surface area contributed by atoms with Gasteiger partial charge in [0.05, 0.1) is 12.0 Å². The molecule has 0 saturated heterocycles. The molecule has 0 atom stereocenters. The van der Waals surface area contributed by atoms with Gasteiger partial charge >= 0.3 is 5.97 Å². The summed E-state index contributed by atoms with van der Waals surface area (Å²) in [6, 6.07) is 7.64. The Balaban J connectivity index is 2.18. The number of carboxylic acid groups (broad SMARTS) is 1. The van der Waals surface area contributed by atoms with Crippen molar-refractivity contribution in [1.82, 2.24) is 10.2 Å². The highest BCUT2D eigenvalue weighted by atomic mass is 127. The number of halogens is 1. The summed E-state index contributed by atoms with van der Waals surface area (Å²) in [5, 5.41) is 16.3. The maximum Gasteiger partial charge on any atom is 0.303 e. The molecule has 0 bridgehead atoms. The van der Waals surface area contributed by atoms with E-state index in [1.54, 1.807) is 0 Å². The van der Waals surface area contributed by atoms with Crippen molar-refractivity contribution >= 4 is 28.6 Å². The highest BCUT2D eigenvalue weighted by molar-refractivity contribution is 14.1. The van der Waals surface area contributed by atoms with Gasteiger partial charge in [0, 0.05) is 9.99 Å². The Bertz CT molecular complexity index is 539. The second-order valence-electron chi connectivity index (χ2n) is 3.37. The lowest BCUT2D eigenvalue weighted by Gasteiger charge is -1.97. The molecule has 0 aliphatic carbocycles. The summed E-state index contributed by atoms with van der Waals surface area (Å²) in [6.07, 6.45) is 0.249. The normalized spacial score (nSPS) is 10.4. The lowest BCUT2D eigenvalue weighted by molar-refractivity contribution is -0.137. The van der Waals surface area contributed by atoms with Crippen molar-refractivity contribution in [1.29, 1.82) is 0 Å². The molecule has 88 valence electrons. The second-order valence-corrected chi connectivity index (χ2v) is 4.54. The van der Waals surface area contributed by atoms with Crippen molar-refractivity contribution in [3.05, 3.63) is 33.7 Å². The minimum Gasteiger partial charge on any atom is -0.481 e. The largest absolute Gasteiger partial charge is 0.481 e. The monoisotopic (exact) mass is 344 g/mol. The average molecular weight is 344 g/mol. The number of carbonyl (C=O) groups is 1. The van der Waals surface area contributed by atoms with Crippen LogP contribution in [0.3, 0.4) is 0 Å². The van der Waals surface area contributed by atoms with E-state index in [1.165, 1.54) is 0 Å². The third kappa shape index (κ3) is 3.02. The summed E-state index contributed by atoms with van der Waals surface area (Å²) in [6.45, 7) is 0. The minimum absolute atomic E-state index is 0.00643. The summed E-state index contributed by atoms with van der Waals surface area (Å²) in [5.74, 6) is -0.100. The van der Waals surface area contributed by atoms with E-state index in [4.69, 9.17) is 9.52 Å². The summed E-state index contributed by atoms with van der Waals surface area (Å²) in [5.41, 5.74) is 0.863. The summed E-state index contributed by atoms with van der Waals surface area (Å²) >= 11 is 2.18. The number of aliphatic carboxylic acids is 1. The first kappa shape index (κ1) is 12.0. The molecule has 1 N–H and O–H groups in total. The zero-order chi connectivity index (χ0) is 12.3. The summed E-state index contributed by atoms with van der Waals surface area (Å²) in [4.78, 5) is 10.4. The molecule has 2 aromatic rings. The van der Waals surface area contributed by atoms with Crippen molar-refractivity contribution in [3.8, 4) is 11.5 Å². The van der Waals surface area contributed by atoms with Crippen LogP contribution in [0.4, 0.5) is 0 Å². The number of hydrogen-bond acceptors (Lipinski definition) is 4. The van der Waals surface area contributed by atoms with Crippen molar-refractivity contribution in [3.63, 3.8) is 0 Å². The number of aromatic nitrogens is 2. The molecule has 0 fully saturated rings. The predicted molar refractivity (Wildman–Crippen MR) is 68.4 cm³/mol. The Morgan fingerprint density at radius 3 is 2.82 bits per heavy atom. The Labute approximate surface area is 111 Å². The fourth-order valence-corrected chi connectivity index (χ4v) is 1.93. The molecule has 0 saturated carbocycles. The van der Waals surface area contributed by atoms with E-state index in [0.29, 0.717) is 11.8 Å². The fourth-order valence-electron chi connectivity index (χ4n) is 1.31. The average Bonchev–Trinajstić information content (AvgIpc) is 2.75. The zero-order valence-electron chi connectivity index (χ0n) is 8.76. The van der Waals surface area contributed by atoms with Crippen molar-refractivity contribution in [2.75, 3.05) is 0 Å². The molecule has 17 heavy (non-hydrogen) atoms. The molecule has 1 aromatic heterocycles. The highest BCUT2D eigenvalue weighted by Crippen LogP contribution is 2.23. The molecule has 0 amide bonds. The SMILES string of the molecule is O=C(O)CCc1nnc(-c2ccccc2I)o1. The van der Waals surface area contributed by atoms with E-state index < -0.39 is 5.97 Å². The van der Waals surface area contributed by atoms with Crippen LogP contribution < -0.4 is 0 Å². The molecule has 0 unspecified atom stereocenters. The maximum absolute atomic E-state index is 10.4. The quantitative estimate of drug-likeness (QED) is 0.862. The van der Waals surface area contributed by atoms with Crippen LogP contribution in [0.1, 0.15) is 12.3 Å². The van der Waals surface area contributed by atoms with Crippen LogP contribution in [0.15, 0.2) is 28.7 Å². The van der Waals surface area contributed by atoms with Crippen LogP contribution in [0, 0.1) is 3.57 Å². The van der Waals surface area contributed by atoms with E-state index in [2.05, 4.69) is 32.8 Å². The van der Waals surface area contributed by atoms with Gasteiger partial charge < -0.3 is 9.52 Å². The van der Waals surface area contributed by atoms with Gasteiger partial charge in [-0.15, -0.1) is 10.2 Å². The van der Waals surface area contributed by atoms with Crippen LogP contribution in [0.5, 0.6) is 0 Å². The third-order valence-electron chi connectivity index (χ3n) is 2.12. The van der Waals surface area contributed by atoms with Gasteiger partial charge in [0.15, 0.2) is 0 Å². The van der Waals surface area contributed by atoms with Crippen LogP contribution in [0.2, 0.25) is 0 Å². The number of nitrogens with zero attached hydrogens (tertiary/aromatic N) is 2. The van der Waals surface area contributed by atoms with Gasteiger partial charge in [-0.25, -0.2) is 0 Å². The van der Waals surface area contributed by atoms with Gasteiger partial charge in [0.1, 0.15) is 0 Å². The molecular weight excluding hydrogens is 335 g/mol. The first-order valence-corrected chi connectivity index (χ1v) is 6.04. The van der Waals surface area contributed by atoms with Crippen molar-refractivity contribution in [2.45, 2.75) is 12.8 Å². The minimum atomic E-state index is -0.876. The van der Waals surface area contributed by atoms with Crippen LogP contribution >= 0.6 is 22.6 Å². The molecule has 6 heteroatoms. The first-order valence-electron chi connectivity index (χ1n) is 4.96. The second kappa shape index (κ2) is 5.26. The number of hydrogen-bond donors (Lipinski definition) is 1. The van der Waals surface area contributed by atoms with Gasteiger partial charge in [-0.3, -0.25) is 4.79 Å². The Morgan fingerprint density at radius 1 is 1.35 bits per heavy atom. The number of aryl methyl sites for hydroxylation is 1. The predicted octanol–water partition coefficient (Wildman–Crippen LogP) is 2.36. The molecule has 0 aliphatic heterocycles. The molecule has 0 spiro atoms. The Morgan fingerprint density at radius 2 is 2.12 bits per heavy atom. The maximum atomic E-state index is 10.4. The number of benzene rings is 1. The van der Waals surface area contributed by atoms with Crippen molar-refractivity contribution in [2.24, 2.45) is 0 Å². The molecule has 2 rings (SSSR count). The van der Waals surface area contributed by atoms with Gasteiger partial charge in [-0.05, 0) is 34.7 Å². The van der Waals surface area contributed by atoms with Gasteiger partial charge in [-0.2, -0.15) is 0 Å². The topological polar surface area (TPSA) is 76.2 Å². The van der Waals surface area contributed by atoms with Crippen molar-refractivity contribution < 1.29 is 14.3 Å². The van der Waals surface area contributed by atoms with Crippen LogP contribution in [-0.2, 0) is 11.2 Å². The molecule has 1 aromatic carbocycles. The van der Waals surface area contributed by atoms with E-state index in [0.717, 1.165) is 9.13 Å². The molecule has 1 heterocycles. The van der Waals surface area contributed by atoms with Gasteiger partial charge in [-0.1, -0.05) is 12.1 Å². The van der Waals surface area contributed by atoms with E-state index in [9.17, 15) is 4.79 Å². The van der Waals surface area contributed by atoms with Gasteiger partial charge in [0.25, 0.3) is 0 Å². The third-order valence-corrected chi connectivity index (χ3v) is 3.06. The van der Waals surface area contributed by atoms with Crippen LogP contribution in [-0.4, -0.2) is 21.3 Å². The highest BCUT2D eigenvalue weighted by Gasteiger charge is 2.11. The zero-order valence-corrected chi connectivity index (χ0v) is 10.9. The van der Waals surface area contributed by atoms with E-state index in [1.807, 2.05) is 24.3 Å². The Hall–Kier alpha value is -1.44. The Kier molecular flexibility index (Phi) is 3.72. The van der Waals surface area contributed by atoms with Gasteiger partial charge in [0.2, 0.25) is 11.8 Å². The first-order chi connectivity index (χ1) is 8.16.